The maximum absolute atomic E-state index is 13.0. The average molecular weight is 365 g/mol. The predicted molar refractivity (Wildman–Crippen MR) is 103 cm³/mol. The van der Waals surface area contributed by atoms with Crippen LogP contribution in [0.4, 0.5) is 0 Å². The summed E-state index contributed by atoms with van der Waals surface area (Å²) in [5.41, 5.74) is 3.22. The van der Waals surface area contributed by atoms with Crippen molar-refractivity contribution in [1.29, 1.82) is 0 Å². The van der Waals surface area contributed by atoms with Crippen molar-refractivity contribution in [2.24, 2.45) is 0 Å². The van der Waals surface area contributed by atoms with Crippen molar-refractivity contribution >= 4 is 18.0 Å². The van der Waals surface area contributed by atoms with E-state index in [2.05, 4.69) is 0 Å². The molecule has 1 heterocycles. The van der Waals surface area contributed by atoms with Gasteiger partial charge in [-0.25, -0.2) is 0 Å². The molecule has 0 atom stereocenters. The average Bonchev–Trinajstić information content (AvgIpc) is 2.78. The third-order valence-electron chi connectivity index (χ3n) is 4.54. The third kappa shape index (κ3) is 4.76. The van der Waals surface area contributed by atoms with Crippen molar-refractivity contribution < 1.29 is 19.4 Å². The smallest absolute Gasteiger partial charge is 0.310 e. The highest BCUT2D eigenvalue weighted by Gasteiger charge is 2.25. The minimum atomic E-state index is -0.427. The maximum Gasteiger partial charge on any atom is 0.310 e. The molecule has 1 amide bonds. The molecule has 1 aliphatic heterocycles. The van der Waals surface area contributed by atoms with Crippen molar-refractivity contribution in [3.8, 4) is 5.75 Å². The normalized spacial score (nSPS) is 13.6. The number of benzene rings is 2. The molecule has 5 nitrogen and oxygen atoms in total. The highest BCUT2D eigenvalue weighted by atomic mass is 16.5. The number of carbonyl (C=O) groups is 2. The van der Waals surface area contributed by atoms with Crippen molar-refractivity contribution in [2.45, 2.75) is 26.3 Å². The second-order valence-corrected chi connectivity index (χ2v) is 6.50. The lowest BCUT2D eigenvalue weighted by Gasteiger charge is -2.22. The van der Waals surface area contributed by atoms with Gasteiger partial charge < -0.3 is 14.7 Å². The summed E-state index contributed by atoms with van der Waals surface area (Å²) in [7, 11) is 0. The van der Waals surface area contributed by atoms with E-state index in [0.29, 0.717) is 18.7 Å². The first-order valence-electron chi connectivity index (χ1n) is 9.08. The largest absolute Gasteiger partial charge is 0.508 e. The molecule has 0 unspecified atom stereocenters. The second-order valence-electron chi connectivity index (χ2n) is 6.50. The Morgan fingerprint density at radius 1 is 1.19 bits per heavy atom. The van der Waals surface area contributed by atoms with E-state index in [4.69, 9.17) is 4.74 Å². The Labute approximate surface area is 158 Å². The lowest BCUT2D eigenvalue weighted by molar-refractivity contribution is -0.143. The summed E-state index contributed by atoms with van der Waals surface area (Å²) in [5, 5.41) is 9.80. The van der Waals surface area contributed by atoms with Gasteiger partial charge in [0.25, 0.3) is 5.91 Å². The summed E-state index contributed by atoms with van der Waals surface area (Å²) in [6, 6.07) is 15.0. The third-order valence-corrected chi connectivity index (χ3v) is 4.54. The summed E-state index contributed by atoms with van der Waals surface area (Å²) >= 11 is 0. The molecule has 0 aliphatic carbocycles. The first kappa shape index (κ1) is 18.7. The molecule has 0 aromatic heterocycles. The van der Waals surface area contributed by atoms with E-state index in [9.17, 15) is 14.7 Å². The van der Waals surface area contributed by atoms with Crippen LogP contribution in [0.25, 0.3) is 6.08 Å². The Kier molecular flexibility index (Phi) is 5.91. The molecule has 0 fully saturated rings. The number of rotatable bonds is 6. The number of aromatic hydroxyl groups is 1. The number of fused-ring (bicyclic) bond motifs is 1. The number of esters is 1. The molecule has 1 aliphatic rings. The van der Waals surface area contributed by atoms with Crippen molar-refractivity contribution in [1.82, 2.24) is 4.90 Å². The molecule has 1 N–H and O–H groups in total. The number of phenolic OH excluding ortho intramolecular Hbond substituents is 1. The molecule has 0 radical (unpaired) electrons. The Morgan fingerprint density at radius 3 is 2.70 bits per heavy atom. The number of amides is 1. The zero-order valence-corrected chi connectivity index (χ0v) is 15.4. The Balaban J connectivity index is 1.86. The first-order valence-corrected chi connectivity index (χ1v) is 9.08. The number of ether oxygens (including phenoxy) is 1. The summed E-state index contributed by atoms with van der Waals surface area (Å²) < 4.78 is 5.01. The molecule has 0 spiro atoms. The van der Waals surface area contributed by atoms with E-state index in [1.165, 1.54) is 0 Å². The number of hydrogen-bond donors (Lipinski definition) is 1. The van der Waals surface area contributed by atoms with Crippen LogP contribution in [0.5, 0.6) is 5.75 Å². The van der Waals surface area contributed by atoms with Crippen LogP contribution in [0, 0.1) is 0 Å². The van der Waals surface area contributed by atoms with Gasteiger partial charge in [-0.3, -0.25) is 9.59 Å². The van der Waals surface area contributed by atoms with Gasteiger partial charge >= 0.3 is 5.97 Å². The summed E-state index contributed by atoms with van der Waals surface area (Å²) in [6.45, 7) is 2.99. The molecule has 5 heteroatoms. The fourth-order valence-electron chi connectivity index (χ4n) is 3.17. The van der Waals surface area contributed by atoms with E-state index < -0.39 is 5.97 Å². The van der Waals surface area contributed by atoms with E-state index in [1.54, 1.807) is 30.0 Å². The van der Waals surface area contributed by atoms with Gasteiger partial charge in [-0.2, -0.15) is 0 Å². The van der Waals surface area contributed by atoms with Gasteiger partial charge in [0.2, 0.25) is 0 Å². The molecule has 140 valence electrons. The molecule has 2 aromatic carbocycles. The lowest BCUT2D eigenvalue weighted by atomic mass is 10.0. The van der Waals surface area contributed by atoms with Crippen molar-refractivity contribution in [3.05, 3.63) is 70.8 Å². The van der Waals surface area contributed by atoms with Crippen LogP contribution in [0.2, 0.25) is 0 Å². The highest BCUT2D eigenvalue weighted by Crippen LogP contribution is 2.26. The molecule has 0 saturated carbocycles. The van der Waals surface area contributed by atoms with Gasteiger partial charge in [-0.05, 0) is 48.2 Å². The number of nitrogens with zero attached hydrogens (tertiary/aromatic N) is 1. The minimum absolute atomic E-state index is 0.0798. The molecular formula is C22H23NO4. The van der Waals surface area contributed by atoms with Crippen LogP contribution in [0.3, 0.4) is 0 Å². The van der Waals surface area contributed by atoms with Crippen LogP contribution in [0.1, 0.15) is 30.0 Å². The van der Waals surface area contributed by atoms with Crippen LogP contribution < -0.4 is 0 Å². The molecule has 2 aromatic rings. The highest BCUT2D eigenvalue weighted by molar-refractivity contribution is 6.02. The minimum Gasteiger partial charge on any atom is -0.508 e. The zero-order valence-electron chi connectivity index (χ0n) is 15.4. The SMILES string of the molecule is CCOC(=O)CC1=Cc2cc(O)ccc2CN(CCc2ccccc2)C1=O. The number of phenols is 1. The van der Waals surface area contributed by atoms with Gasteiger partial charge in [0.1, 0.15) is 5.75 Å². The van der Waals surface area contributed by atoms with Gasteiger partial charge in [0.15, 0.2) is 0 Å². The fraction of sp³-hybridized carbons (Fsp3) is 0.273. The first-order chi connectivity index (χ1) is 13.1. The maximum atomic E-state index is 13.0. The standard InChI is InChI=1S/C22H23NO4/c1-2-27-21(25)14-19-12-18-13-20(24)9-8-17(18)15-23(22(19)26)11-10-16-6-4-3-5-7-16/h3-9,12-13,24H,2,10-11,14-15H2,1H3. The molecular weight excluding hydrogens is 342 g/mol. The summed E-state index contributed by atoms with van der Waals surface area (Å²) in [6.07, 6.45) is 2.34. The van der Waals surface area contributed by atoms with E-state index >= 15 is 0 Å². The topological polar surface area (TPSA) is 66.8 Å². The summed E-state index contributed by atoms with van der Waals surface area (Å²) in [4.78, 5) is 26.7. The fourth-order valence-corrected chi connectivity index (χ4v) is 3.17. The quantitative estimate of drug-likeness (QED) is 0.798. The van der Waals surface area contributed by atoms with E-state index in [-0.39, 0.29) is 24.7 Å². The molecule has 0 bridgehead atoms. The molecule has 3 rings (SSSR count). The van der Waals surface area contributed by atoms with E-state index in [1.807, 2.05) is 36.4 Å². The Morgan fingerprint density at radius 2 is 1.96 bits per heavy atom. The van der Waals surface area contributed by atoms with Gasteiger partial charge in [-0.1, -0.05) is 36.4 Å². The predicted octanol–water partition coefficient (Wildman–Crippen LogP) is 3.31. The van der Waals surface area contributed by atoms with Crippen molar-refractivity contribution in [2.75, 3.05) is 13.2 Å². The number of carbonyl (C=O) groups excluding carboxylic acids is 2. The van der Waals surface area contributed by atoms with Crippen LogP contribution in [0.15, 0.2) is 54.1 Å². The second kappa shape index (κ2) is 8.54. The Bertz CT molecular complexity index is 858. The van der Waals surface area contributed by atoms with Gasteiger partial charge in [0.05, 0.1) is 13.0 Å². The zero-order chi connectivity index (χ0) is 19.2. The summed E-state index contributed by atoms with van der Waals surface area (Å²) in [5.74, 6) is -0.468. The van der Waals surface area contributed by atoms with Crippen molar-refractivity contribution in [3.63, 3.8) is 0 Å². The Hall–Kier alpha value is -3.08. The monoisotopic (exact) mass is 365 g/mol. The lowest BCUT2D eigenvalue weighted by Crippen LogP contribution is -2.33. The molecule has 0 saturated heterocycles. The molecule has 27 heavy (non-hydrogen) atoms. The van der Waals surface area contributed by atoms with Gasteiger partial charge in [-0.15, -0.1) is 0 Å². The number of hydrogen-bond acceptors (Lipinski definition) is 4. The van der Waals surface area contributed by atoms with Crippen LogP contribution in [-0.4, -0.2) is 35.0 Å². The van der Waals surface area contributed by atoms with Crippen LogP contribution in [-0.2, 0) is 27.3 Å². The van der Waals surface area contributed by atoms with Crippen LogP contribution >= 0.6 is 0 Å². The van der Waals surface area contributed by atoms with Gasteiger partial charge in [0, 0.05) is 18.7 Å². The van der Waals surface area contributed by atoms with E-state index in [0.717, 1.165) is 23.1 Å².